The average Bonchev–Trinajstić information content (AvgIpc) is 2.46. The van der Waals surface area contributed by atoms with E-state index in [4.69, 9.17) is 14.6 Å². The normalized spacial score (nSPS) is 10.0. The molecule has 0 saturated heterocycles. The summed E-state index contributed by atoms with van der Waals surface area (Å²) in [7, 11) is 3.09. The van der Waals surface area contributed by atoms with Crippen molar-refractivity contribution in [3.63, 3.8) is 0 Å². The van der Waals surface area contributed by atoms with Crippen LogP contribution >= 0.6 is 0 Å². The zero-order chi connectivity index (χ0) is 15.7. The van der Waals surface area contributed by atoms with Crippen LogP contribution in [0.3, 0.4) is 0 Å². The topological polar surface area (TPSA) is 84.9 Å². The summed E-state index contributed by atoms with van der Waals surface area (Å²) in [6.07, 6.45) is 1.47. The molecule has 0 bridgehead atoms. The van der Waals surface area contributed by atoms with Gasteiger partial charge in [0.25, 0.3) is 0 Å². The van der Waals surface area contributed by atoms with Crippen LogP contribution in [0.5, 0.6) is 11.5 Å². The Bertz CT molecular complexity index is 465. The van der Waals surface area contributed by atoms with E-state index in [-0.39, 0.29) is 18.7 Å². The lowest BCUT2D eigenvalue weighted by molar-refractivity contribution is -0.137. The van der Waals surface area contributed by atoms with Crippen molar-refractivity contribution >= 4 is 11.9 Å². The van der Waals surface area contributed by atoms with Crippen molar-refractivity contribution in [3.8, 4) is 11.5 Å². The van der Waals surface area contributed by atoms with Gasteiger partial charge in [0.15, 0.2) is 0 Å². The number of rotatable bonds is 9. The molecular weight excluding hydrogens is 274 g/mol. The van der Waals surface area contributed by atoms with Gasteiger partial charge in [-0.15, -0.1) is 0 Å². The summed E-state index contributed by atoms with van der Waals surface area (Å²) in [6.45, 7) is 0.462. The molecule has 0 unspecified atom stereocenters. The van der Waals surface area contributed by atoms with Crippen LogP contribution in [-0.4, -0.2) is 37.7 Å². The number of carboxylic acids is 1. The summed E-state index contributed by atoms with van der Waals surface area (Å²) in [5, 5.41) is 11.3. The monoisotopic (exact) mass is 295 g/mol. The van der Waals surface area contributed by atoms with E-state index in [1.807, 2.05) is 0 Å². The molecule has 0 radical (unpaired) electrons. The smallest absolute Gasteiger partial charge is 0.303 e. The van der Waals surface area contributed by atoms with E-state index in [0.29, 0.717) is 36.4 Å². The molecule has 1 aromatic carbocycles. The number of carboxylic acid groups (broad SMARTS) is 1. The standard InChI is InChI=1S/C15H21NO5/c1-20-12-6-5-7-13(21-2)11(12)10-14(17)16-9-4-3-8-15(18)19/h5-7H,3-4,8-10H2,1-2H3,(H,16,17)(H,18,19). The lowest BCUT2D eigenvalue weighted by Gasteiger charge is -2.12. The number of nitrogens with one attached hydrogen (secondary N) is 1. The Balaban J connectivity index is 2.49. The third-order valence-electron chi connectivity index (χ3n) is 3.01. The fourth-order valence-corrected chi connectivity index (χ4v) is 1.95. The Morgan fingerprint density at radius 2 is 1.76 bits per heavy atom. The van der Waals surface area contributed by atoms with Gasteiger partial charge in [-0.2, -0.15) is 0 Å². The molecule has 0 aliphatic heterocycles. The van der Waals surface area contributed by atoms with Crippen molar-refractivity contribution in [1.82, 2.24) is 5.32 Å². The molecule has 0 aromatic heterocycles. The molecule has 0 heterocycles. The summed E-state index contributed by atoms with van der Waals surface area (Å²) in [5.74, 6) is 0.249. The first-order chi connectivity index (χ1) is 10.1. The highest BCUT2D eigenvalue weighted by atomic mass is 16.5. The van der Waals surface area contributed by atoms with Gasteiger partial charge in [-0.1, -0.05) is 6.07 Å². The van der Waals surface area contributed by atoms with Crippen LogP contribution in [0.1, 0.15) is 24.8 Å². The quantitative estimate of drug-likeness (QED) is 0.676. The van der Waals surface area contributed by atoms with Crippen molar-refractivity contribution < 1.29 is 24.2 Å². The molecule has 2 N–H and O–H groups in total. The van der Waals surface area contributed by atoms with Gasteiger partial charge in [0.2, 0.25) is 5.91 Å². The van der Waals surface area contributed by atoms with Gasteiger partial charge in [-0.25, -0.2) is 0 Å². The van der Waals surface area contributed by atoms with Crippen LogP contribution in [0.2, 0.25) is 0 Å². The predicted octanol–water partition coefficient (Wildman–Crippen LogP) is 1.62. The molecule has 6 nitrogen and oxygen atoms in total. The van der Waals surface area contributed by atoms with Crippen LogP contribution in [-0.2, 0) is 16.0 Å². The molecular formula is C15H21NO5. The molecule has 0 saturated carbocycles. The molecule has 0 spiro atoms. The number of ether oxygens (including phenoxy) is 2. The van der Waals surface area contributed by atoms with Gasteiger partial charge in [0.05, 0.1) is 20.6 Å². The Morgan fingerprint density at radius 1 is 1.14 bits per heavy atom. The number of amides is 1. The highest BCUT2D eigenvalue weighted by Gasteiger charge is 2.13. The molecule has 1 rings (SSSR count). The Labute approximate surface area is 124 Å². The average molecular weight is 295 g/mol. The largest absolute Gasteiger partial charge is 0.496 e. The maximum atomic E-state index is 11.9. The van der Waals surface area contributed by atoms with Crippen molar-refractivity contribution in [1.29, 1.82) is 0 Å². The maximum Gasteiger partial charge on any atom is 0.303 e. The van der Waals surface area contributed by atoms with E-state index in [9.17, 15) is 9.59 Å². The number of unbranched alkanes of at least 4 members (excludes halogenated alkanes) is 1. The van der Waals surface area contributed by atoms with Crippen molar-refractivity contribution in [2.75, 3.05) is 20.8 Å². The highest BCUT2D eigenvalue weighted by molar-refractivity contribution is 5.80. The minimum Gasteiger partial charge on any atom is -0.496 e. The lowest BCUT2D eigenvalue weighted by Crippen LogP contribution is -2.26. The number of hydrogen-bond donors (Lipinski definition) is 2. The van der Waals surface area contributed by atoms with E-state index in [1.165, 1.54) is 0 Å². The molecule has 1 amide bonds. The van der Waals surface area contributed by atoms with Gasteiger partial charge in [-0.3, -0.25) is 9.59 Å². The number of aliphatic carboxylic acids is 1. The first-order valence-corrected chi connectivity index (χ1v) is 6.76. The van der Waals surface area contributed by atoms with Gasteiger partial charge in [0, 0.05) is 18.5 Å². The van der Waals surface area contributed by atoms with Gasteiger partial charge >= 0.3 is 5.97 Å². The number of carbonyl (C=O) groups excluding carboxylic acids is 1. The van der Waals surface area contributed by atoms with Crippen molar-refractivity contribution in [2.45, 2.75) is 25.7 Å². The second-order valence-electron chi connectivity index (χ2n) is 4.52. The fourth-order valence-electron chi connectivity index (χ4n) is 1.95. The second-order valence-corrected chi connectivity index (χ2v) is 4.52. The van der Waals surface area contributed by atoms with Gasteiger partial charge in [0.1, 0.15) is 11.5 Å². The third kappa shape index (κ3) is 5.72. The first-order valence-electron chi connectivity index (χ1n) is 6.76. The van der Waals surface area contributed by atoms with E-state index in [2.05, 4.69) is 5.32 Å². The summed E-state index contributed by atoms with van der Waals surface area (Å²) in [5.41, 5.74) is 0.700. The molecule has 0 atom stereocenters. The van der Waals surface area contributed by atoms with Crippen LogP contribution in [0.15, 0.2) is 18.2 Å². The van der Waals surface area contributed by atoms with E-state index in [0.717, 1.165) is 0 Å². The summed E-state index contributed by atoms with van der Waals surface area (Å²) >= 11 is 0. The van der Waals surface area contributed by atoms with Crippen molar-refractivity contribution in [3.05, 3.63) is 23.8 Å². The van der Waals surface area contributed by atoms with Crippen LogP contribution in [0, 0.1) is 0 Å². The zero-order valence-electron chi connectivity index (χ0n) is 12.3. The van der Waals surface area contributed by atoms with Gasteiger partial charge in [-0.05, 0) is 25.0 Å². The number of hydrogen-bond acceptors (Lipinski definition) is 4. The lowest BCUT2D eigenvalue weighted by atomic mass is 10.1. The summed E-state index contributed by atoms with van der Waals surface area (Å²) in [6, 6.07) is 5.35. The van der Waals surface area contributed by atoms with E-state index in [1.54, 1.807) is 32.4 Å². The Morgan fingerprint density at radius 3 is 2.29 bits per heavy atom. The maximum absolute atomic E-state index is 11.9. The first kappa shape index (κ1) is 16.8. The molecule has 0 aliphatic rings. The third-order valence-corrected chi connectivity index (χ3v) is 3.01. The summed E-state index contributed by atoms with van der Waals surface area (Å²) in [4.78, 5) is 22.3. The molecule has 6 heteroatoms. The number of methoxy groups -OCH3 is 2. The Hall–Kier alpha value is -2.24. The zero-order valence-corrected chi connectivity index (χ0v) is 12.3. The molecule has 116 valence electrons. The molecule has 21 heavy (non-hydrogen) atoms. The minimum absolute atomic E-state index is 0.121. The van der Waals surface area contributed by atoms with E-state index < -0.39 is 5.97 Å². The number of benzene rings is 1. The second kappa shape index (κ2) is 8.84. The molecule has 0 fully saturated rings. The minimum atomic E-state index is -0.819. The van der Waals surface area contributed by atoms with Gasteiger partial charge < -0.3 is 19.9 Å². The van der Waals surface area contributed by atoms with Crippen LogP contribution in [0.25, 0.3) is 0 Å². The number of carbonyl (C=O) groups is 2. The van der Waals surface area contributed by atoms with Crippen LogP contribution < -0.4 is 14.8 Å². The molecule has 0 aliphatic carbocycles. The summed E-state index contributed by atoms with van der Waals surface area (Å²) < 4.78 is 10.5. The van der Waals surface area contributed by atoms with Crippen molar-refractivity contribution in [2.24, 2.45) is 0 Å². The van der Waals surface area contributed by atoms with Crippen LogP contribution in [0.4, 0.5) is 0 Å². The SMILES string of the molecule is COc1cccc(OC)c1CC(=O)NCCCCC(=O)O. The van der Waals surface area contributed by atoms with E-state index >= 15 is 0 Å². The molecule has 1 aromatic rings. The predicted molar refractivity (Wildman–Crippen MR) is 77.7 cm³/mol. The fraction of sp³-hybridized carbons (Fsp3) is 0.467. The highest BCUT2D eigenvalue weighted by Crippen LogP contribution is 2.28. The Kier molecular flexibility index (Phi) is 7.08.